The minimum absolute atomic E-state index is 0.0750. The first-order valence-corrected chi connectivity index (χ1v) is 8.56. The van der Waals surface area contributed by atoms with Gasteiger partial charge in [-0.25, -0.2) is 13.6 Å². The first-order chi connectivity index (χ1) is 13.5. The van der Waals surface area contributed by atoms with Crippen molar-refractivity contribution in [3.63, 3.8) is 0 Å². The molecule has 0 spiro atoms. The molecule has 0 atom stereocenters. The molecule has 0 fully saturated rings. The van der Waals surface area contributed by atoms with Gasteiger partial charge in [-0.05, 0) is 25.1 Å². The molecule has 0 aliphatic carbocycles. The Bertz CT molecular complexity index is 1300. The number of aromatic nitrogens is 2. The normalized spacial score (nSPS) is 11.1. The predicted molar refractivity (Wildman–Crippen MR) is 101 cm³/mol. The average Bonchev–Trinajstić information content (AvgIpc) is 2.69. The fraction of sp³-hybridized carbons (Fsp3) is 0.0952. The van der Waals surface area contributed by atoms with Crippen LogP contribution < -0.4 is 5.43 Å². The number of rotatable bonds is 3. The second kappa shape index (κ2) is 6.84. The van der Waals surface area contributed by atoms with Crippen LogP contribution in [0.4, 0.5) is 8.78 Å². The summed E-state index contributed by atoms with van der Waals surface area (Å²) in [6.07, 6.45) is 2.80. The lowest BCUT2D eigenvalue weighted by Gasteiger charge is -2.14. The van der Waals surface area contributed by atoms with Crippen LogP contribution in [0.15, 0.2) is 59.7 Å². The van der Waals surface area contributed by atoms with Crippen molar-refractivity contribution in [1.82, 2.24) is 9.55 Å². The molecule has 0 radical (unpaired) electrons. The van der Waals surface area contributed by atoms with Crippen LogP contribution in [0.3, 0.4) is 0 Å². The summed E-state index contributed by atoms with van der Waals surface area (Å²) in [6, 6.07) is 10.9. The Labute approximate surface area is 157 Å². The summed E-state index contributed by atoms with van der Waals surface area (Å²) in [5.41, 5.74) is 0.361. The van der Waals surface area contributed by atoms with Gasteiger partial charge in [0.25, 0.3) is 0 Å². The van der Waals surface area contributed by atoms with Crippen molar-refractivity contribution in [2.45, 2.75) is 6.92 Å². The average molecular weight is 380 g/mol. The number of nitrogens with zero attached hydrogens (tertiary/aromatic N) is 2. The zero-order valence-electron chi connectivity index (χ0n) is 14.8. The van der Waals surface area contributed by atoms with E-state index in [1.165, 1.54) is 17.0 Å². The second-order valence-corrected chi connectivity index (χ2v) is 6.13. The lowest BCUT2D eigenvalue weighted by Crippen LogP contribution is -2.21. The molecule has 5 nitrogen and oxygen atoms in total. The Morgan fingerprint density at radius 3 is 2.68 bits per heavy atom. The van der Waals surface area contributed by atoms with Crippen LogP contribution in [-0.2, 0) is 4.74 Å². The molecular weight excluding hydrogens is 366 g/mol. The molecule has 0 aliphatic rings. The van der Waals surface area contributed by atoms with Crippen LogP contribution in [-0.4, -0.2) is 22.1 Å². The second-order valence-electron chi connectivity index (χ2n) is 6.13. The van der Waals surface area contributed by atoms with Gasteiger partial charge < -0.3 is 9.30 Å². The molecule has 0 amide bonds. The molecule has 0 N–H and O–H groups in total. The molecule has 0 saturated carbocycles. The van der Waals surface area contributed by atoms with Crippen LogP contribution in [0.1, 0.15) is 17.3 Å². The number of hydrogen-bond donors (Lipinski definition) is 0. The van der Waals surface area contributed by atoms with Gasteiger partial charge in [0.05, 0.1) is 34.9 Å². The van der Waals surface area contributed by atoms with Crippen molar-refractivity contribution < 1.29 is 18.3 Å². The zero-order valence-corrected chi connectivity index (χ0v) is 14.8. The standard InChI is InChI=1S/C21H14F2N2O3/c1-2-28-21(27)15-11-25(13-7-12-5-3-4-6-18(12)24-10-13)19-9-17(23)16(22)8-14(19)20(15)26/h3-11H,2H2,1H3. The maximum atomic E-state index is 13.9. The molecule has 0 bridgehead atoms. The minimum Gasteiger partial charge on any atom is -0.462 e. The Morgan fingerprint density at radius 1 is 1.14 bits per heavy atom. The largest absolute Gasteiger partial charge is 0.462 e. The number of halogens is 2. The van der Waals surface area contributed by atoms with Gasteiger partial charge in [-0.3, -0.25) is 9.78 Å². The number of carbonyl (C=O) groups is 1. The summed E-state index contributed by atoms with van der Waals surface area (Å²) in [6.45, 7) is 1.69. The molecule has 0 saturated heterocycles. The Balaban J connectivity index is 2.07. The third-order valence-electron chi connectivity index (χ3n) is 4.40. The van der Waals surface area contributed by atoms with Gasteiger partial charge in [-0.1, -0.05) is 18.2 Å². The molecule has 140 valence electrons. The molecule has 0 aliphatic heterocycles. The third kappa shape index (κ3) is 2.90. The van der Waals surface area contributed by atoms with Gasteiger partial charge in [0, 0.05) is 17.6 Å². The van der Waals surface area contributed by atoms with Gasteiger partial charge in [-0.2, -0.15) is 0 Å². The number of esters is 1. The van der Waals surface area contributed by atoms with E-state index in [9.17, 15) is 18.4 Å². The summed E-state index contributed by atoms with van der Waals surface area (Å²) in [5, 5.41) is 0.685. The van der Waals surface area contributed by atoms with Crippen molar-refractivity contribution in [3.8, 4) is 5.69 Å². The molecule has 7 heteroatoms. The summed E-state index contributed by atoms with van der Waals surface area (Å²) in [4.78, 5) is 29.3. The van der Waals surface area contributed by atoms with Crippen LogP contribution in [0.5, 0.6) is 0 Å². The van der Waals surface area contributed by atoms with Gasteiger partial charge >= 0.3 is 5.97 Å². The Kier molecular flexibility index (Phi) is 4.35. The van der Waals surface area contributed by atoms with E-state index in [1.54, 1.807) is 13.0 Å². The molecular formula is C21H14F2N2O3. The maximum absolute atomic E-state index is 13.9. The SMILES string of the molecule is CCOC(=O)c1cn(-c2cnc3ccccc3c2)c2cc(F)c(F)cc2c1=O. The highest BCUT2D eigenvalue weighted by atomic mass is 19.2. The minimum atomic E-state index is -1.17. The van der Waals surface area contributed by atoms with Crippen LogP contribution in [0, 0.1) is 11.6 Å². The van der Waals surface area contributed by atoms with Crippen LogP contribution in [0.25, 0.3) is 27.5 Å². The number of hydrogen-bond acceptors (Lipinski definition) is 4. The number of ether oxygens (including phenoxy) is 1. The molecule has 2 heterocycles. The number of benzene rings is 2. The van der Waals surface area contributed by atoms with Gasteiger partial charge in [-0.15, -0.1) is 0 Å². The first-order valence-electron chi connectivity index (χ1n) is 8.56. The van der Waals surface area contributed by atoms with Crippen molar-refractivity contribution in [2.24, 2.45) is 0 Å². The van der Waals surface area contributed by atoms with E-state index in [0.29, 0.717) is 5.69 Å². The molecule has 4 aromatic rings. The molecule has 28 heavy (non-hydrogen) atoms. The van der Waals surface area contributed by atoms with E-state index in [-0.39, 0.29) is 23.1 Å². The van der Waals surface area contributed by atoms with Crippen molar-refractivity contribution >= 4 is 27.8 Å². The van der Waals surface area contributed by atoms with E-state index < -0.39 is 23.0 Å². The molecule has 0 unspecified atom stereocenters. The topological polar surface area (TPSA) is 61.2 Å². The van der Waals surface area contributed by atoms with Crippen molar-refractivity contribution in [1.29, 1.82) is 0 Å². The Hall–Kier alpha value is -3.61. The van der Waals surface area contributed by atoms with Crippen molar-refractivity contribution in [3.05, 3.63) is 82.3 Å². The predicted octanol–water partition coefficient (Wildman–Crippen LogP) is 3.99. The highest BCUT2D eigenvalue weighted by Gasteiger charge is 2.19. The summed E-state index contributed by atoms with van der Waals surface area (Å²) in [5.74, 6) is -3.10. The monoisotopic (exact) mass is 380 g/mol. The molecule has 2 aromatic carbocycles. The maximum Gasteiger partial charge on any atom is 0.343 e. The smallest absolute Gasteiger partial charge is 0.343 e. The summed E-state index contributed by atoms with van der Waals surface area (Å²) >= 11 is 0. The third-order valence-corrected chi connectivity index (χ3v) is 4.40. The van der Waals surface area contributed by atoms with E-state index >= 15 is 0 Å². The highest BCUT2D eigenvalue weighted by molar-refractivity contribution is 5.94. The van der Waals surface area contributed by atoms with Gasteiger partial charge in [0.1, 0.15) is 5.56 Å². The number of pyridine rings is 2. The highest BCUT2D eigenvalue weighted by Crippen LogP contribution is 2.23. The zero-order chi connectivity index (χ0) is 19.8. The van der Waals surface area contributed by atoms with Gasteiger partial charge in [0.15, 0.2) is 11.6 Å². The van der Waals surface area contributed by atoms with Crippen LogP contribution in [0.2, 0.25) is 0 Å². The van der Waals surface area contributed by atoms with E-state index in [1.807, 2.05) is 24.3 Å². The fourth-order valence-electron chi connectivity index (χ4n) is 3.08. The summed E-state index contributed by atoms with van der Waals surface area (Å²) < 4.78 is 34.1. The number of fused-ring (bicyclic) bond motifs is 2. The Morgan fingerprint density at radius 2 is 1.89 bits per heavy atom. The number of carbonyl (C=O) groups excluding carboxylic acids is 1. The summed E-state index contributed by atoms with van der Waals surface area (Å²) in [7, 11) is 0. The molecule has 4 rings (SSSR count). The van der Waals surface area contributed by atoms with Gasteiger partial charge in [0.2, 0.25) is 5.43 Å². The lowest BCUT2D eigenvalue weighted by atomic mass is 10.1. The number of para-hydroxylation sites is 1. The van der Waals surface area contributed by atoms with E-state index in [4.69, 9.17) is 4.74 Å². The lowest BCUT2D eigenvalue weighted by molar-refractivity contribution is 0.0524. The quantitative estimate of drug-likeness (QED) is 0.504. The van der Waals surface area contributed by atoms with E-state index in [0.717, 1.165) is 23.0 Å². The fourth-order valence-corrected chi connectivity index (χ4v) is 3.08. The van der Waals surface area contributed by atoms with Crippen LogP contribution >= 0.6 is 0 Å². The van der Waals surface area contributed by atoms with Crippen molar-refractivity contribution in [2.75, 3.05) is 6.61 Å². The first kappa shape index (κ1) is 17.8. The molecule has 2 aromatic heterocycles. The van der Waals surface area contributed by atoms with E-state index in [2.05, 4.69) is 4.98 Å².